The number of rotatable bonds is 5. The van der Waals surface area contributed by atoms with E-state index in [9.17, 15) is 18.0 Å². The number of para-hydroxylation sites is 1. The van der Waals surface area contributed by atoms with Crippen molar-refractivity contribution in [1.29, 1.82) is 0 Å². The van der Waals surface area contributed by atoms with Gasteiger partial charge in [0.25, 0.3) is 0 Å². The van der Waals surface area contributed by atoms with Crippen LogP contribution in [-0.2, 0) is 11.0 Å². The number of nitrogens with one attached hydrogen (secondary N) is 1. The summed E-state index contributed by atoms with van der Waals surface area (Å²) in [6, 6.07) is 12.1. The highest BCUT2D eigenvalue weighted by molar-refractivity contribution is 7.99. The average Bonchev–Trinajstić information content (AvgIpc) is 2.73. The zero-order valence-electron chi connectivity index (χ0n) is 17.4. The summed E-state index contributed by atoms with van der Waals surface area (Å²) < 4.78 is 40.0. The maximum atomic E-state index is 13.3. The number of piperidine rings is 1. The van der Waals surface area contributed by atoms with Gasteiger partial charge in [0, 0.05) is 42.4 Å². The molecular weight excluding hydrogens is 423 g/mol. The third kappa shape index (κ3) is 5.18. The van der Waals surface area contributed by atoms with E-state index >= 15 is 0 Å². The van der Waals surface area contributed by atoms with E-state index in [1.54, 1.807) is 13.0 Å². The number of fused-ring (bicyclic) bond motifs is 2. The minimum Gasteiger partial charge on any atom is -0.354 e. The van der Waals surface area contributed by atoms with Crippen LogP contribution in [0.4, 0.5) is 24.5 Å². The van der Waals surface area contributed by atoms with Gasteiger partial charge in [-0.1, -0.05) is 23.9 Å². The number of carbonyl (C=O) groups is 1. The third-order valence-electron chi connectivity index (χ3n) is 5.80. The Balaban J connectivity index is 1.45. The van der Waals surface area contributed by atoms with Gasteiger partial charge >= 0.3 is 6.18 Å². The summed E-state index contributed by atoms with van der Waals surface area (Å²) in [4.78, 5) is 17.5. The molecule has 0 aromatic heterocycles. The summed E-state index contributed by atoms with van der Waals surface area (Å²) in [6.45, 7) is 4.92. The molecule has 0 saturated carbocycles. The van der Waals surface area contributed by atoms with Gasteiger partial charge in [-0.05, 0) is 56.1 Å². The minimum atomic E-state index is -4.36. The maximum Gasteiger partial charge on any atom is 0.416 e. The van der Waals surface area contributed by atoms with Crippen LogP contribution in [-0.4, -0.2) is 43.0 Å². The van der Waals surface area contributed by atoms with Crippen LogP contribution in [0.5, 0.6) is 0 Å². The molecule has 4 rings (SSSR count). The lowest BCUT2D eigenvalue weighted by Crippen LogP contribution is -2.44. The molecule has 1 saturated heterocycles. The summed E-state index contributed by atoms with van der Waals surface area (Å²) >= 11 is 1.52. The number of nitrogens with zero attached hydrogens (tertiary/aromatic N) is 2. The van der Waals surface area contributed by atoms with E-state index in [1.807, 2.05) is 29.2 Å². The van der Waals surface area contributed by atoms with E-state index in [0.717, 1.165) is 60.4 Å². The molecule has 2 aromatic carbocycles. The van der Waals surface area contributed by atoms with Crippen molar-refractivity contribution in [2.24, 2.45) is 0 Å². The number of halogens is 3. The number of anilines is 2. The van der Waals surface area contributed by atoms with Crippen molar-refractivity contribution in [3.8, 4) is 0 Å². The summed E-state index contributed by atoms with van der Waals surface area (Å²) in [5, 5.41) is 2.98. The molecule has 0 aliphatic carbocycles. The molecule has 1 N–H and O–H groups in total. The number of hydrogen-bond donors (Lipinski definition) is 1. The summed E-state index contributed by atoms with van der Waals surface area (Å²) in [5.41, 5.74) is 0.975. The topological polar surface area (TPSA) is 35.6 Å². The lowest BCUT2D eigenvalue weighted by atomic mass is 10.0. The molecule has 2 aromatic rings. The second kappa shape index (κ2) is 9.12. The fourth-order valence-corrected chi connectivity index (χ4v) is 5.36. The highest BCUT2D eigenvalue weighted by atomic mass is 32.2. The average molecular weight is 450 g/mol. The first-order valence-electron chi connectivity index (χ1n) is 10.6. The molecule has 2 heterocycles. The van der Waals surface area contributed by atoms with Crippen molar-refractivity contribution in [3.63, 3.8) is 0 Å². The molecule has 8 heteroatoms. The van der Waals surface area contributed by atoms with E-state index in [-0.39, 0.29) is 11.9 Å². The van der Waals surface area contributed by atoms with Gasteiger partial charge in [-0.3, -0.25) is 4.79 Å². The molecule has 0 spiro atoms. The summed E-state index contributed by atoms with van der Waals surface area (Å²) in [7, 11) is 0. The standard InChI is InChI=1S/C23H26F3N3OS/c1-16(30)27-18-9-13-28(14-10-18)11-4-12-29-19-5-2-3-6-21(19)31-22-8-7-17(15-20(22)29)23(24,25)26/h2-3,5-8,15,18H,4,9-14H2,1H3,(H,27,30). The zero-order chi connectivity index (χ0) is 22.0. The third-order valence-corrected chi connectivity index (χ3v) is 6.93. The summed E-state index contributed by atoms with van der Waals surface area (Å²) in [5.74, 6) is 0.0111. The molecule has 166 valence electrons. The minimum absolute atomic E-state index is 0.0111. The van der Waals surface area contributed by atoms with Crippen molar-refractivity contribution in [2.45, 2.75) is 48.2 Å². The number of likely N-dealkylation sites (tertiary alicyclic amines) is 1. The molecule has 1 fully saturated rings. The van der Waals surface area contributed by atoms with Gasteiger partial charge in [-0.25, -0.2) is 0 Å². The van der Waals surface area contributed by atoms with Crippen LogP contribution in [0.15, 0.2) is 52.3 Å². The molecule has 0 radical (unpaired) electrons. The van der Waals surface area contributed by atoms with Gasteiger partial charge in [-0.15, -0.1) is 0 Å². The van der Waals surface area contributed by atoms with Crippen LogP contribution in [0.3, 0.4) is 0 Å². The highest BCUT2D eigenvalue weighted by Gasteiger charge is 2.33. The predicted octanol–water partition coefficient (Wildman–Crippen LogP) is 5.30. The first-order chi connectivity index (χ1) is 14.8. The van der Waals surface area contributed by atoms with Gasteiger partial charge < -0.3 is 15.1 Å². The van der Waals surface area contributed by atoms with Crippen molar-refractivity contribution in [1.82, 2.24) is 10.2 Å². The molecule has 2 aliphatic heterocycles. The second-order valence-corrected chi connectivity index (χ2v) is 9.16. The quantitative estimate of drug-likeness (QED) is 0.672. The SMILES string of the molecule is CC(=O)NC1CCN(CCCN2c3ccccc3Sc3ccc(C(F)(F)F)cc32)CC1. The van der Waals surface area contributed by atoms with Crippen LogP contribution in [0.25, 0.3) is 0 Å². The van der Waals surface area contributed by atoms with E-state index in [4.69, 9.17) is 0 Å². The number of hydrogen-bond acceptors (Lipinski definition) is 4. The Morgan fingerprint density at radius 1 is 1.06 bits per heavy atom. The largest absolute Gasteiger partial charge is 0.416 e. The monoisotopic (exact) mass is 449 g/mol. The second-order valence-electron chi connectivity index (χ2n) is 8.07. The van der Waals surface area contributed by atoms with E-state index in [1.165, 1.54) is 17.8 Å². The fourth-order valence-electron chi connectivity index (χ4n) is 4.29. The molecule has 1 amide bonds. The number of amides is 1. The number of carbonyl (C=O) groups excluding carboxylic acids is 1. The zero-order valence-corrected chi connectivity index (χ0v) is 18.2. The van der Waals surface area contributed by atoms with Crippen molar-refractivity contribution in [2.75, 3.05) is 31.1 Å². The van der Waals surface area contributed by atoms with Crippen LogP contribution in [0, 0.1) is 0 Å². The Morgan fingerprint density at radius 2 is 1.77 bits per heavy atom. The molecule has 0 bridgehead atoms. The Labute approximate surface area is 184 Å². The molecule has 2 aliphatic rings. The van der Waals surface area contributed by atoms with E-state index in [2.05, 4.69) is 10.2 Å². The van der Waals surface area contributed by atoms with E-state index in [0.29, 0.717) is 12.2 Å². The van der Waals surface area contributed by atoms with Crippen LogP contribution < -0.4 is 10.2 Å². The number of benzene rings is 2. The predicted molar refractivity (Wildman–Crippen MR) is 117 cm³/mol. The molecule has 0 atom stereocenters. The van der Waals surface area contributed by atoms with Crippen LogP contribution in [0.2, 0.25) is 0 Å². The maximum absolute atomic E-state index is 13.3. The van der Waals surface area contributed by atoms with Gasteiger partial charge in [0.05, 0.1) is 16.9 Å². The normalized spacial score (nSPS) is 17.2. The lowest BCUT2D eigenvalue weighted by Gasteiger charge is -2.35. The van der Waals surface area contributed by atoms with Gasteiger partial charge in [0.1, 0.15) is 0 Å². The van der Waals surface area contributed by atoms with Gasteiger partial charge in [-0.2, -0.15) is 13.2 Å². The van der Waals surface area contributed by atoms with E-state index < -0.39 is 11.7 Å². The Morgan fingerprint density at radius 3 is 2.48 bits per heavy atom. The lowest BCUT2D eigenvalue weighted by molar-refractivity contribution is -0.137. The Bertz CT molecular complexity index is 942. The van der Waals surface area contributed by atoms with Gasteiger partial charge in [0.15, 0.2) is 0 Å². The molecule has 31 heavy (non-hydrogen) atoms. The number of alkyl halides is 3. The fraction of sp³-hybridized carbons (Fsp3) is 0.435. The Kier molecular flexibility index (Phi) is 6.48. The van der Waals surface area contributed by atoms with Crippen molar-refractivity contribution >= 4 is 29.0 Å². The summed E-state index contributed by atoms with van der Waals surface area (Å²) in [6.07, 6.45) is -1.65. The van der Waals surface area contributed by atoms with Gasteiger partial charge in [0.2, 0.25) is 5.91 Å². The van der Waals surface area contributed by atoms with Crippen molar-refractivity contribution in [3.05, 3.63) is 48.0 Å². The Hall–Kier alpha value is -2.19. The molecular formula is C23H26F3N3OS. The highest BCUT2D eigenvalue weighted by Crippen LogP contribution is 2.49. The molecule has 0 unspecified atom stereocenters. The smallest absolute Gasteiger partial charge is 0.354 e. The first kappa shape index (κ1) is 22.0. The first-order valence-corrected chi connectivity index (χ1v) is 11.4. The van der Waals surface area contributed by atoms with Crippen LogP contribution >= 0.6 is 11.8 Å². The molecule has 4 nitrogen and oxygen atoms in total. The van der Waals surface area contributed by atoms with Crippen molar-refractivity contribution < 1.29 is 18.0 Å². The van der Waals surface area contributed by atoms with Crippen LogP contribution in [0.1, 0.15) is 31.7 Å².